The Morgan fingerprint density at radius 1 is 0.960 bits per heavy atom. The predicted octanol–water partition coefficient (Wildman–Crippen LogP) is 4.80. The van der Waals surface area contributed by atoms with Crippen molar-refractivity contribution in [3.63, 3.8) is 0 Å². The molecule has 4 heteroatoms. The van der Waals surface area contributed by atoms with Gasteiger partial charge in [0.15, 0.2) is 5.78 Å². The van der Waals surface area contributed by atoms with Gasteiger partial charge in [0.2, 0.25) is 0 Å². The first-order chi connectivity index (χ1) is 11.8. The quantitative estimate of drug-likeness (QED) is 0.679. The molecule has 25 heavy (non-hydrogen) atoms. The Balaban J connectivity index is 2.34. The predicted molar refractivity (Wildman–Crippen MR) is 99.1 cm³/mol. The van der Waals surface area contributed by atoms with E-state index in [4.69, 9.17) is 14.2 Å². The molecule has 0 unspecified atom stereocenters. The van der Waals surface area contributed by atoms with Crippen molar-refractivity contribution in [2.75, 3.05) is 14.2 Å². The van der Waals surface area contributed by atoms with Crippen molar-refractivity contribution >= 4 is 5.78 Å². The number of aryl methyl sites for hydroxylation is 2. The van der Waals surface area contributed by atoms with E-state index in [9.17, 15) is 4.79 Å². The Bertz CT molecular complexity index is 806. The number of rotatable bonds is 7. The zero-order chi connectivity index (χ0) is 18.6. The average Bonchev–Trinajstić information content (AvgIpc) is 2.56. The van der Waals surface area contributed by atoms with Crippen LogP contribution in [-0.2, 0) is 11.2 Å². The molecule has 0 aliphatic rings. The number of carbonyl (C=O) groups is 1. The zero-order valence-electron chi connectivity index (χ0n) is 15.4. The van der Waals surface area contributed by atoms with Crippen LogP contribution >= 0.6 is 0 Å². The van der Waals surface area contributed by atoms with E-state index in [2.05, 4.69) is 6.58 Å². The van der Waals surface area contributed by atoms with E-state index in [-0.39, 0.29) is 12.2 Å². The van der Waals surface area contributed by atoms with Crippen LogP contribution in [0.3, 0.4) is 0 Å². The van der Waals surface area contributed by atoms with Crippen molar-refractivity contribution in [3.05, 3.63) is 59.2 Å². The fourth-order valence-corrected chi connectivity index (χ4v) is 2.56. The maximum Gasteiger partial charge on any atom is 0.162 e. The van der Waals surface area contributed by atoms with Crippen molar-refractivity contribution in [3.8, 4) is 23.0 Å². The van der Waals surface area contributed by atoms with Gasteiger partial charge in [-0.15, -0.1) is 0 Å². The Morgan fingerprint density at radius 3 is 2.20 bits per heavy atom. The monoisotopic (exact) mass is 340 g/mol. The molecule has 2 rings (SSSR count). The minimum absolute atomic E-state index is 0.00140. The summed E-state index contributed by atoms with van der Waals surface area (Å²) in [6.07, 6.45) is 0.267. The molecule has 0 spiro atoms. The first kappa shape index (κ1) is 18.6. The summed E-state index contributed by atoms with van der Waals surface area (Å²) in [5.41, 5.74) is 3.36. The highest BCUT2D eigenvalue weighted by atomic mass is 16.5. The number of methoxy groups -OCH3 is 2. The van der Waals surface area contributed by atoms with E-state index in [0.717, 1.165) is 22.4 Å². The fraction of sp³-hybridized carbons (Fsp3) is 0.286. The van der Waals surface area contributed by atoms with E-state index in [1.54, 1.807) is 27.2 Å². The highest BCUT2D eigenvalue weighted by Crippen LogP contribution is 2.33. The highest BCUT2D eigenvalue weighted by Gasteiger charge is 2.15. The number of ether oxygens (including phenoxy) is 3. The number of carbonyl (C=O) groups excluding carboxylic acids is 1. The molecule has 0 saturated carbocycles. The summed E-state index contributed by atoms with van der Waals surface area (Å²) in [6, 6.07) is 9.39. The molecule has 0 N–H and O–H groups in total. The van der Waals surface area contributed by atoms with Gasteiger partial charge < -0.3 is 14.2 Å². The van der Waals surface area contributed by atoms with Crippen molar-refractivity contribution in [1.29, 1.82) is 0 Å². The van der Waals surface area contributed by atoms with Gasteiger partial charge in [0.1, 0.15) is 23.0 Å². The number of hydrogen-bond acceptors (Lipinski definition) is 4. The second kappa shape index (κ2) is 7.88. The first-order valence-corrected chi connectivity index (χ1v) is 8.03. The minimum Gasteiger partial charge on any atom is -0.497 e. The first-order valence-electron chi connectivity index (χ1n) is 8.03. The molecule has 132 valence electrons. The minimum atomic E-state index is -0.00140. The summed E-state index contributed by atoms with van der Waals surface area (Å²) in [5.74, 6) is 2.70. The molecule has 0 radical (unpaired) electrons. The molecule has 0 aromatic heterocycles. The summed E-state index contributed by atoms with van der Waals surface area (Å²) < 4.78 is 16.7. The Morgan fingerprint density at radius 2 is 1.60 bits per heavy atom. The molecule has 0 amide bonds. The van der Waals surface area contributed by atoms with E-state index < -0.39 is 0 Å². The lowest BCUT2D eigenvalue weighted by Gasteiger charge is -2.15. The van der Waals surface area contributed by atoms with Gasteiger partial charge in [0.05, 0.1) is 14.2 Å². The molecule has 0 atom stereocenters. The van der Waals surface area contributed by atoms with Crippen LogP contribution in [0.15, 0.2) is 42.5 Å². The van der Waals surface area contributed by atoms with Crippen LogP contribution in [0, 0.1) is 13.8 Å². The maximum absolute atomic E-state index is 12.0. The lowest BCUT2D eigenvalue weighted by Crippen LogP contribution is -2.06. The molecule has 0 bridgehead atoms. The molecule has 0 saturated heterocycles. The number of hydrogen-bond donors (Lipinski definition) is 0. The molecule has 0 heterocycles. The van der Waals surface area contributed by atoms with Crippen LogP contribution in [0.4, 0.5) is 0 Å². The number of ketones is 1. The summed E-state index contributed by atoms with van der Waals surface area (Å²) >= 11 is 0. The number of Topliss-reactive ketones (excluding diaryl/α,β-unsaturated/α-hetero) is 1. The number of benzene rings is 2. The van der Waals surface area contributed by atoms with Gasteiger partial charge in [-0.3, -0.25) is 4.79 Å². The van der Waals surface area contributed by atoms with Crippen molar-refractivity contribution in [2.24, 2.45) is 0 Å². The van der Waals surface area contributed by atoms with Gasteiger partial charge in [-0.1, -0.05) is 6.58 Å². The van der Waals surface area contributed by atoms with Crippen LogP contribution in [0.1, 0.15) is 23.6 Å². The lowest BCUT2D eigenvalue weighted by molar-refractivity contribution is -0.114. The maximum atomic E-state index is 12.0. The van der Waals surface area contributed by atoms with Gasteiger partial charge in [0.25, 0.3) is 0 Å². The van der Waals surface area contributed by atoms with Crippen LogP contribution in [-0.4, -0.2) is 20.0 Å². The Hall–Kier alpha value is -2.75. The Labute approximate surface area is 149 Å². The standard InChI is InChI=1S/C21H24O4/c1-13(2)20(22)12-19-15(4)9-18(11-21(19)24-6)25-17-8-14(3)7-16(10-17)23-5/h7-11H,1,12H2,2-6H3. The average molecular weight is 340 g/mol. The molecule has 0 aliphatic heterocycles. The van der Waals surface area contributed by atoms with E-state index >= 15 is 0 Å². The zero-order valence-corrected chi connectivity index (χ0v) is 15.4. The molecular formula is C21H24O4. The summed E-state index contributed by atoms with van der Waals surface area (Å²) in [7, 11) is 3.21. The number of allylic oxidation sites excluding steroid dienone is 1. The summed E-state index contributed by atoms with van der Waals surface area (Å²) in [6.45, 7) is 9.34. The van der Waals surface area contributed by atoms with Crippen LogP contribution < -0.4 is 14.2 Å². The van der Waals surface area contributed by atoms with E-state index in [0.29, 0.717) is 22.8 Å². The van der Waals surface area contributed by atoms with Crippen molar-refractivity contribution < 1.29 is 19.0 Å². The lowest BCUT2D eigenvalue weighted by atomic mass is 9.99. The van der Waals surface area contributed by atoms with Crippen molar-refractivity contribution in [1.82, 2.24) is 0 Å². The van der Waals surface area contributed by atoms with E-state index in [1.165, 1.54) is 0 Å². The van der Waals surface area contributed by atoms with Crippen LogP contribution in [0.2, 0.25) is 0 Å². The smallest absolute Gasteiger partial charge is 0.162 e. The molecule has 0 aliphatic carbocycles. The third kappa shape index (κ3) is 4.63. The fourth-order valence-electron chi connectivity index (χ4n) is 2.56. The molecular weight excluding hydrogens is 316 g/mol. The molecule has 0 fully saturated rings. The van der Waals surface area contributed by atoms with Gasteiger partial charge in [-0.25, -0.2) is 0 Å². The van der Waals surface area contributed by atoms with Gasteiger partial charge in [-0.2, -0.15) is 0 Å². The SMILES string of the molecule is C=C(C)C(=O)Cc1c(C)cc(Oc2cc(C)cc(OC)c2)cc1OC. The molecule has 2 aromatic carbocycles. The van der Waals surface area contributed by atoms with Gasteiger partial charge in [-0.05, 0) is 55.7 Å². The van der Waals surface area contributed by atoms with Gasteiger partial charge >= 0.3 is 0 Å². The third-order valence-corrected chi connectivity index (χ3v) is 3.93. The Kier molecular flexibility index (Phi) is 5.86. The third-order valence-electron chi connectivity index (χ3n) is 3.93. The van der Waals surface area contributed by atoms with Crippen LogP contribution in [0.25, 0.3) is 0 Å². The second-order valence-electron chi connectivity index (χ2n) is 6.09. The summed E-state index contributed by atoms with van der Waals surface area (Å²) in [5, 5.41) is 0. The van der Waals surface area contributed by atoms with Gasteiger partial charge in [0, 0.05) is 24.1 Å². The normalized spacial score (nSPS) is 10.3. The largest absolute Gasteiger partial charge is 0.497 e. The second-order valence-corrected chi connectivity index (χ2v) is 6.09. The molecule has 2 aromatic rings. The summed E-state index contributed by atoms with van der Waals surface area (Å²) in [4.78, 5) is 12.0. The topological polar surface area (TPSA) is 44.8 Å². The molecule has 4 nitrogen and oxygen atoms in total. The van der Waals surface area contributed by atoms with E-state index in [1.807, 2.05) is 38.1 Å². The van der Waals surface area contributed by atoms with Crippen molar-refractivity contribution in [2.45, 2.75) is 27.2 Å². The van der Waals surface area contributed by atoms with Crippen LogP contribution in [0.5, 0.6) is 23.0 Å². The highest BCUT2D eigenvalue weighted by molar-refractivity contribution is 5.96.